The summed E-state index contributed by atoms with van der Waals surface area (Å²) in [5, 5.41) is 7.12. The number of carboxylic acid groups (broad SMARTS) is 1. The number of fused-ring (bicyclic) bond motifs is 1. The number of halogens is 3. The van der Waals surface area contributed by atoms with Crippen LogP contribution in [-0.4, -0.2) is 59.3 Å². The van der Waals surface area contributed by atoms with E-state index >= 15 is 0 Å². The Kier molecular flexibility index (Phi) is 6.69. The number of likely N-dealkylation sites (tertiary alicyclic amines) is 1. The highest BCUT2D eigenvalue weighted by Crippen LogP contribution is 2.49. The molecule has 6 nitrogen and oxygen atoms in total. The summed E-state index contributed by atoms with van der Waals surface area (Å²) in [6.45, 7) is 5.47. The van der Waals surface area contributed by atoms with Crippen LogP contribution in [0.15, 0.2) is 18.3 Å². The standard InChI is InChI=1S/C19H26N2O2.C2HF3O2/c1-14-4-7-17(20-9-14)18(22)21-10-16-3-2-8-19(16,12-21)13-23-11-15-5-6-15;3-2(4,5)1(6)7/h4,7,9,15-16H,2-3,5-6,8,10-13H2,1H3;(H,6,7)/t16-,19+;/m1./s1. The van der Waals surface area contributed by atoms with Gasteiger partial charge in [-0.1, -0.05) is 12.5 Å². The van der Waals surface area contributed by atoms with Crippen LogP contribution < -0.4 is 0 Å². The molecule has 4 rings (SSSR count). The largest absolute Gasteiger partial charge is 0.490 e. The predicted molar refractivity (Wildman–Crippen MR) is 102 cm³/mol. The Hall–Kier alpha value is -2.16. The summed E-state index contributed by atoms with van der Waals surface area (Å²) in [7, 11) is 0. The Morgan fingerprint density at radius 3 is 2.57 bits per heavy atom. The molecule has 0 bridgehead atoms. The zero-order valence-electron chi connectivity index (χ0n) is 17.0. The third-order valence-electron chi connectivity index (χ3n) is 6.14. The maximum absolute atomic E-state index is 12.7. The zero-order valence-corrected chi connectivity index (χ0v) is 17.0. The van der Waals surface area contributed by atoms with Gasteiger partial charge in [-0.05, 0) is 56.1 Å². The molecule has 30 heavy (non-hydrogen) atoms. The van der Waals surface area contributed by atoms with Gasteiger partial charge in [-0.3, -0.25) is 9.78 Å². The molecule has 0 unspecified atom stereocenters. The highest BCUT2D eigenvalue weighted by atomic mass is 19.4. The first-order valence-electron chi connectivity index (χ1n) is 10.2. The molecule has 1 aromatic rings. The number of rotatable bonds is 5. The van der Waals surface area contributed by atoms with E-state index in [2.05, 4.69) is 4.98 Å². The molecule has 2 aliphatic carbocycles. The highest BCUT2D eigenvalue weighted by molar-refractivity contribution is 5.92. The lowest BCUT2D eigenvalue weighted by Crippen LogP contribution is -2.35. The van der Waals surface area contributed by atoms with Crippen LogP contribution in [0.4, 0.5) is 13.2 Å². The fourth-order valence-corrected chi connectivity index (χ4v) is 4.27. The average Bonchev–Trinajstić information content (AvgIpc) is 3.30. The SMILES string of the molecule is Cc1ccc(C(=O)N2C[C@H]3CCC[C@@]3(COCC3CC3)C2)nc1.O=C(O)C(F)(F)F. The van der Waals surface area contributed by atoms with Gasteiger partial charge in [0.25, 0.3) is 5.91 Å². The van der Waals surface area contributed by atoms with Gasteiger partial charge in [-0.2, -0.15) is 13.2 Å². The van der Waals surface area contributed by atoms with Crippen LogP contribution in [0.25, 0.3) is 0 Å². The lowest BCUT2D eigenvalue weighted by Gasteiger charge is -2.28. The zero-order chi connectivity index (χ0) is 21.9. The van der Waals surface area contributed by atoms with Gasteiger partial charge in [0.05, 0.1) is 6.61 Å². The van der Waals surface area contributed by atoms with Gasteiger partial charge in [0.1, 0.15) is 5.69 Å². The number of hydrogen-bond acceptors (Lipinski definition) is 4. The third-order valence-corrected chi connectivity index (χ3v) is 6.14. The number of nitrogens with zero attached hydrogens (tertiary/aromatic N) is 2. The molecule has 2 atom stereocenters. The summed E-state index contributed by atoms with van der Waals surface area (Å²) in [4.78, 5) is 28.0. The second kappa shape index (κ2) is 8.91. The highest BCUT2D eigenvalue weighted by Gasteiger charge is 2.51. The molecule has 166 valence electrons. The molecule has 1 aliphatic heterocycles. The van der Waals surface area contributed by atoms with Crippen molar-refractivity contribution in [3.63, 3.8) is 0 Å². The van der Waals surface area contributed by atoms with Gasteiger partial charge in [0.15, 0.2) is 0 Å². The summed E-state index contributed by atoms with van der Waals surface area (Å²) in [6, 6.07) is 3.81. The lowest BCUT2D eigenvalue weighted by atomic mass is 9.81. The van der Waals surface area contributed by atoms with Crippen molar-refractivity contribution in [1.29, 1.82) is 0 Å². The summed E-state index contributed by atoms with van der Waals surface area (Å²) in [5.74, 6) is -1.26. The van der Waals surface area contributed by atoms with Crippen molar-refractivity contribution >= 4 is 11.9 Å². The number of alkyl halides is 3. The van der Waals surface area contributed by atoms with Gasteiger partial charge in [0, 0.05) is 31.3 Å². The minimum atomic E-state index is -5.08. The van der Waals surface area contributed by atoms with Crippen molar-refractivity contribution in [3.05, 3.63) is 29.6 Å². The molecule has 2 saturated carbocycles. The number of hydrogen-bond donors (Lipinski definition) is 1. The fourth-order valence-electron chi connectivity index (χ4n) is 4.27. The minimum Gasteiger partial charge on any atom is -0.475 e. The van der Waals surface area contributed by atoms with Crippen LogP contribution in [-0.2, 0) is 9.53 Å². The van der Waals surface area contributed by atoms with Crippen molar-refractivity contribution in [2.24, 2.45) is 17.3 Å². The van der Waals surface area contributed by atoms with E-state index in [-0.39, 0.29) is 11.3 Å². The summed E-state index contributed by atoms with van der Waals surface area (Å²) >= 11 is 0. The topological polar surface area (TPSA) is 79.7 Å². The molecule has 3 fully saturated rings. The number of carbonyl (C=O) groups is 2. The smallest absolute Gasteiger partial charge is 0.475 e. The van der Waals surface area contributed by atoms with Crippen LogP contribution in [0.5, 0.6) is 0 Å². The summed E-state index contributed by atoms with van der Waals surface area (Å²) < 4.78 is 37.8. The van der Waals surface area contributed by atoms with Crippen molar-refractivity contribution in [2.75, 3.05) is 26.3 Å². The maximum Gasteiger partial charge on any atom is 0.490 e. The van der Waals surface area contributed by atoms with Crippen LogP contribution in [0.1, 0.15) is 48.2 Å². The second-order valence-corrected chi connectivity index (χ2v) is 8.62. The Morgan fingerprint density at radius 1 is 1.30 bits per heavy atom. The Balaban J connectivity index is 0.000000318. The van der Waals surface area contributed by atoms with Crippen LogP contribution in [0.3, 0.4) is 0 Å². The Morgan fingerprint density at radius 2 is 2.00 bits per heavy atom. The molecule has 0 radical (unpaired) electrons. The molecular formula is C21H27F3N2O4. The molecular weight excluding hydrogens is 401 g/mol. The normalized spacial score (nSPS) is 25.5. The van der Waals surface area contributed by atoms with Gasteiger partial charge in [0.2, 0.25) is 0 Å². The Bertz CT molecular complexity index is 765. The molecule has 0 aromatic carbocycles. The van der Waals surface area contributed by atoms with E-state index in [1.807, 2.05) is 24.0 Å². The molecule has 1 N–H and O–H groups in total. The fraction of sp³-hybridized carbons (Fsp3) is 0.667. The van der Waals surface area contributed by atoms with E-state index in [1.54, 1.807) is 6.20 Å². The van der Waals surface area contributed by atoms with E-state index in [4.69, 9.17) is 14.6 Å². The summed E-state index contributed by atoms with van der Waals surface area (Å²) in [5.41, 5.74) is 1.87. The molecule has 1 saturated heterocycles. The molecule has 0 spiro atoms. The molecule has 9 heteroatoms. The number of aryl methyl sites for hydroxylation is 1. The van der Waals surface area contributed by atoms with Crippen molar-refractivity contribution in [2.45, 2.75) is 45.2 Å². The van der Waals surface area contributed by atoms with E-state index in [1.165, 1.54) is 32.1 Å². The van der Waals surface area contributed by atoms with Crippen molar-refractivity contribution in [1.82, 2.24) is 9.88 Å². The number of aliphatic carboxylic acids is 1. The van der Waals surface area contributed by atoms with Crippen LogP contribution in [0, 0.1) is 24.2 Å². The minimum absolute atomic E-state index is 0.0842. The van der Waals surface area contributed by atoms with Crippen LogP contribution in [0.2, 0.25) is 0 Å². The van der Waals surface area contributed by atoms with Gasteiger partial charge < -0.3 is 14.7 Å². The number of carbonyl (C=O) groups excluding carboxylic acids is 1. The number of ether oxygens (including phenoxy) is 1. The van der Waals surface area contributed by atoms with E-state index in [0.717, 1.165) is 37.8 Å². The first kappa shape index (κ1) is 22.5. The van der Waals surface area contributed by atoms with Gasteiger partial charge >= 0.3 is 12.1 Å². The third kappa shape index (κ3) is 5.50. The van der Waals surface area contributed by atoms with Gasteiger partial charge in [-0.15, -0.1) is 0 Å². The lowest BCUT2D eigenvalue weighted by molar-refractivity contribution is -0.192. The molecule has 3 aliphatic rings. The summed E-state index contributed by atoms with van der Waals surface area (Å²) in [6.07, 6.45) is 3.08. The van der Waals surface area contributed by atoms with Gasteiger partial charge in [-0.25, -0.2) is 4.79 Å². The first-order valence-corrected chi connectivity index (χ1v) is 10.2. The van der Waals surface area contributed by atoms with E-state index in [0.29, 0.717) is 11.6 Å². The number of carboxylic acids is 1. The van der Waals surface area contributed by atoms with E-state index < -0.39 is 12.1 Å². The van der Waals surface area contributed by atoms with Crippen molar-refractivity contribution < 1.29 is 32.6 Å². The predicted octanol–water partition coefficient (Wildman–Crippen LogP) is 3.69. The number of pyridine rings is 1. The maximum atomic E-state index is 12.7. The Labute approximate surface area is 173 Å². The van der Waals surface area contributed by atoms with E-state index in [9.17, 15) is 18.0 Å². The van der Waals surface area contributed by atoms with Crippen LogP contribution >= 0.6 is 0 Å². The van der Waals surface area contributed by atoms with Crippen molar-refractivity contribution in [3.8, 4) is 0 Å². The second-order valence-electron chi connectivity index (χ2n) is 8.62. The molecule has 1 amide bonds. The quantitative estimate of drug-likeness (QED) is 0.774. The number of amides is 1. The number of aromatic nitrogens is 1. The molecule has 2 heterocycles. The first-order chi connectivity index (χ1) is 14.1. The average molecular weight is 428 g/mol. The monoisotopic (exact) mass is 428 g/mol. The molecule has 1 aromatic heterocycles.